The van der Waals surface area contributed by atoms with Crippen LogP contribution in [0.25, 0.3) is 0 Å². The first kappa shape index (κ1) is 11.2. The summed E-state index contributed by atoms with van der Waals surface area (Å²) in [7, 11) is 1.69. The number of hydrogen-bond acceptors (Lipinski definition) is 3. The third-order valence-corrected chi connectivity index (χ3v) is 2.28. The maximum atomic E-state index is 9.09. The van der Waals surface area contributed by atoms with Crippen LogP contribution in [0, 0.1) is 0 Å². The zero-order valence-corrected chi connectivity index (χ0v) is 8.81. The Morgan fingerprint density at radius 1 is 1.64 bits per heavy atom. The summed E-state index contributed by atoms with van der Waals surface area (Å²) in [6, 6.07) is 0.287. The van der Waals surface area contributed by atoms with Crippen LogP contribution in [0.2, 0.25) is 0 Å². The standard InChI is InChI=1S/C10H18N2O2/c1-3-4-9(7-14-2)12-8-11-5-10(12)6-13/h5,8-9,13H,3-4,6-7H2,1-2H3. The van der Waals surface area contributed by atoms with Gasteiger partial charge in [0.1, 0.15) is 0 Å². The van der Waals surface area contributed by atoms with Gasteiger partial charge < -0.3 is 14.4 Å². The van der Waals surface area contributed by atoms with Crippen LogP contribution in [0.3, 0.4) is 0 Å². The summed E-state index contributed by atoms with van der Waals surface area (Å²) in [6.45, 7) is 2.83. The lowest BCUT2D eigenvalue weighted by Gasteiger charge is -2.18. The topological polar surface area (TPSA) is 47.3 Å². The number of nitrogens with zero attached hydrogens (tertiary/aromatic N) is 2. The molecule has 1 aromatic rings. The van der Waals surface area contributed by atoms with Gasteiger partial charge in [0.05, 0.1) is 37.5 Å². The number of ether oxygens (including phenoxy) is 1. The largest absolute Gasteiger partial charge is 0.390 e. The summed E-state index contributed by atoms with van der Waals surface area (Å²) in [4.78, 5) is 4.03. The molecule has 1 rings (SSSR count). The first-order valence-corrected chi connectivity index (χ1v) is 4.94. The summed E-state index contributed by atoms with van der Waals surface area (Å²) in [5.41, 5.74) is 0.848. The second-order valence-electron chi connectivity index (χ2n) is 3.35. The Kier molecular flexibility index (Phi) is 4.62. The molecule has 14 heavy (non-hydrogen) atoms. The van der Waals surface area contributed by atoms with E-state index in [9.17, 15) is 0 Å². The van der Waals surface area contributed by atoms with Crippen LogP contribution in [0.4, 0.5) is 0 Å². The molecule has 4 nitrogen and oxygen atoms in total. The molecule has 0 aromatic carbocycles. The quantitative estimate of drug-likeness (QED) is 0.750. The number of aromatic nitrogens is 2. The van der Waals surface area contributed by atoms with E-state index in [1.54, 1.807) is 19.6 Å². The first-order valence-electron chi connectivity index (χ1n) is 4.94. The van der Waals surface area contributed by atoms with Gasteiger partial charge in [-0.25, -0.2) is 4.98 Å². The molecule has 0 saturated heterocycles. The fraction of sp³-hybridized carbons (Fsp3) is 0.700. The predicted octanol–water partition coefficient (Wildman–Crippen LogP) is 1.36. The van der Waals surface area contributed by atoms with E-state index in [2.05, 4.69) is 11.9 Å². The van der Waals surface area contributed by atoms with Gasteiger partial charge >= 0.3 is 0 Å². The minimum absolute atomic E-state index is 0.0317. The van der Waals surface area contributed by atoms with E-state index in [0.29, 0.717) is 6.61 Å². The third-order valence-electron chi connectivity index (χ3n) is 2.28. The number of aliphatic hydroxyl groups excluding tert-OH is 1. The lowest BCUT2D eigenvalue weighted by atomic mass is 10.2. The Labute approximate surface area is 84.5 Å². The number of methoxy groups -OCH3 is 1. The van der Waals surface area contributed by atoms with Crippen LogP contribution >= 0.6 is 0 Å². The number of hydrogen-bond donors (Lipinski definition) is 1. The average Bonchev–Trinajstić information content (AvgIpc) is 2.65. The molecule has 0 spiro atoms. The fourth-order valence-electron chi connectivity index (χ4n) is 1.61. The molecule has 0 aliphatic heterocycles. The van der Waals surface area contributed by atoms with Crippen LogP contribution in [0.1, 0.15) is 31.5 Å². The molecular weight excluding hydrogens is 180 g/mol. The van der Waals surface area contributed by atoms with E-state index in [1.807, 2.05) is 4.57 Å². The molecular formula is C10H18N2O2. The van der Waals surface area contributed by atoms with Crippen molar-refractivity contribution in [2.75, 3.05) is 13.7 Å². The summed E-state index contributed by atoms with van der Waals surface area (Å²) in [5.74, 6) is 0. The summed E-state index contributed by atoms with van der Waals surface area (Å²) < 4.78 is 7.14. The zero-order valence-electron chi connectivity index (χ0n) is 8.81. The van der Waals surface area contributed by atoms with Gasteiger partial charge in [-0.1, -0.05) is 13.3 Å². The van der Waals surface area contributed by atoms with Crippen LogP contribution in [-0.2, 0) is 11.3 Å². The van der Waals surface area contributed by atoms with Crippen molar-refractivity contribution in [3.63, 3.8) is 0 Å². The molecule has 1 atom stereocenters. The van der Waals surface area contributed by atoms with E-state index in [-0.39, 0.29) is 12.6 Å². The van der Waals surface area contributed by atoms with Crippen molar-refractivity contribution < 1.29 is 9.84 Å². The second kappa shape index (κ2) is 5.78. The molecule has 0 aliphatic carbocycles. The van der Waals surface area contributed by atoms with Crippen LogP contribution in [0.5, 0.6) is 0 Å². The van der Waals surface area contributed by atoms with Crippen molar-refractivity contribution in [2.24, 2.45) is 0 Å². The minimum atomic E-state index is 0.0317. The summed E-state index contributed by atoms with van der Waals surface area (Å²) >= 11 is 0. The molecule has 0 aliphatic rings. The van der Waals surface area contributed by atoms with E-state index < -0.39 is 0 Å². The lowest BCUT2D eigenvalue weighted by molar-refractivity contribution is 0.145. The zero-order chi connectivity index (χ0) is 10.4. The van der Waals surface area contributed by atoms with Gasteiger partial charge in [0.2, 0.25) is 0 Å². The number of imidazole rings is 1. The fourth-order valence-corrected chi connectivity index (χ4v) is 1.61. The molecule has 0 radical (unpaired) electrons. The van der Waals surface area contributed by atoms with E-state index in [4.69, 9.17) is 9.84 Å². The molecule has 1 aromatic heterocycles. The van der Waals surface area contributed by atoms with Crippen molar-refractivity contribution >= 4 is 0 Å². The Bertz CT molecular complexity index is 254. The van der Waals surface area contributed by atoms with E-state index >= 15 is 0 Å². The van der Waals surface area contributed by atoms with Gasteiger partial charge in [-0.15, -0.1) is 0 Å². The lowest BCUT2D eigenvalue weighted by Crippen LogP contribution is -2.16. The maximum Gasteiger partial charge on any atom is 0.0952 e. The second-order valence-corrected chi connectivity index (χ2v) is 3.35. The van der Waals surface area contributed by atoms with Crippen molar-refractivity contribution in [3.05, 3.63) is 18.2 Å². The molecule has 0 amide bonds. The molecule has 0 bridgehead atoms. The molecule has 1 N–H and O–H groups in total. The third kappa shape index (κ3) is 2.56. The van der Waals surface area contributed by atoms with E-state index in [0.717, 1.165) is 18.5 Å². The number of aliphatic hydroxyl groups is 1. The molecule has 80 valence electrons. The highest BCUT2D eigenvalue weighted by Gasteiger charge is 2.12. The molecule has 0 fully saturated rings. The van der Waals surface area contributed by atoms with Gasteiger partial charge in [-0.05, 0) is 6.42 Å². The number of rotatable bonds is 6. The van der Waals surface area contributed by atoms with Crippen molar-refractivity contribution in [1.82, 2.24) is 9.55 Å². The van der Waals surface area contributed by atoms with E-state index in [1.165, 1.54) is 0 Å². The first-order chi connectivity index (χ1) is 6.83. The molecule has 1 unspecified atom stereocenters. The van der Waals surface area contributed by atoms with Crippen LogP contribution in [0.15, 0.2) is 12.5 Å². The summed E-state index contributed by atoms with van der Waals surface area (Å²) in [5, 5.41) is 9.09. The van der Waals surface area contributed by atoms with Gasteiger partial charge in [0.25, 0.3) is 0 Å². The maximum absolute atomic E-state index is 9.09. The van der Waals surface area contributed by atoms with Crippen LogP contribution < -0.4 is 0 Å². The SMILES string of the molecule is CCCC(COC)n1cncc1CO. The van der Waals surface area contributed by atoms with Crippen molar-refractivity contribution in [2.45, 2.75) is 32.4 Å². The smallest absolute Gasteiger partial charge is 0.0952 e. The molecule has 1 heterocycles. The monoisotopic (exact) mass is 198 g/mol. The average molecular weight is 198 g/mol. The Hall–Kier alpha value is -0.870. The van der Waals surface area contributed by atoms with Crippen molar-refractivity contribution in [3.8, 4) is 0 Å². The highest BCUT2D eigenvalue weighted by Crippen LogP contribution is 2.16. The van der Waals surface area contributed by atoms with Gasteiger partial charge in [0.15, 0.2) is 0 Å². The molecule has 0 saturated carbocycles. The highest BCUT2D eigenvalue weighted by atomic mass is 16.5. The predicted molar refractivity (Wildman–Crippen MR) is 54.0 cm³/mol. The minimum Gasteiger partial charge on any atom is -0.390 e. The normalized spacial score (nSPS) is 13.1. The molecule has 4 heteroatoms. The summed E-state index contributed by atoms with van der Waals surface area (Å²) in [6.07, 6.45) is 5.58. The Morgan fingerprint density at radius 3 is 3.00 bits per heavy atom. The Morgan fingerprint density at radius 2 is 2.43 bits per heavy atom. The van der Waals surface area contributed by atoms with Gasteiger partial charge in [0, 0.05) is 7.11 Å². The van der Waals surface area contributed by atoms with Crippen LogP contribution in [-0.4, -0.2) is 28.4 Å². The Balaban J connectivity index is 2.75. The highest BCUT2D eigenvalue weighted by molar-refractivity contribution is 4.98. The van der Waals surface area contributed by atoms with Gasteiger partial charge in [-0.2, -0.15) is 0 Å². The van der Waals surface area contributed by atoms with Crippen molar-refractivity contribution in [1.29, 1.82) is 0 Å². The van der Waals surface area contributed by atoms with Gasteiger partial charge in [-0.3, -0.25) is 0 Å².